The van der Waals surface area contributed by atoms with Crippen LogP contribution in [0.15, 0.2) is 12.3 Å². The molecule has 0 saturated heterocycles. The molecule has 5 heteroatoms. The normalized spacial score (nSPS) is 11.6. The molecule has 0 radical (unpaired) electrons. The molecule has 2 aromatic rings. The monoisotopic (exact) mass is 222 g/mol. The van der Waals surface area contributed by atoms with E-state index in [0.717, 1.165) is 27.3 Å². The highest BCUT2D eigenvalue weighted by Gasteiger charge is 2.08. The summed E-state index contributed by atoms with van der Waals surface area (Å²) < 4.78 is 1.91. The topological polar surface area (TPSA) is 54.6 Å². The highest BCUT2D eigenvalue weighted by atomic mass is 32.1. The van der Waals surface area contributed by atoms with E-state index < -0.39 is 5.97 Å². The Morgan fingerprint density at radius 2 is 2.33 bits per heavy atom. The second-order valence-corrected chi connectivity index (χ2v) is 4.46. The summed E-state index contributed by atoms with van der Waals surface area (Å²) in [6.45, 7) is 3.87. The molecule has 0 bridgehead atoms. The van der Waals surface area contributed by atoms with Crippen molar-refractivity contribution >= 4 is 28.3 Å². The lowest BCUT2D eigenvalue weighted by Crippen LogP contribution is -1.89. The van der Waals surface area contributed by atoms with Gasteiger partial charge >= 0.3 is 5.97 Å². The highest BCUT2D eigenvalue weighted by molar-refractivity contribution is 7.17. The SMILES string of the molecule is Cc1cn2c(C=CC(=O)O)c(C)nc2s1. The third-order valence-electron chi connectivity index (χ3n) is 2.05. The first-order valence-electron chi connectivity index (χ1n) is 4.44. The lowest BCUT2D eigenvalue weighted by Gasteiger charge is -1.91. The molecule has 0 saturated carbocycles. The van der Waals surface area contributed by atoms with E-state index in [2.05, 4.69) is 4.98 Å². The van der Waals surface area contributed by atoms with Crippen molar-refractivity contribution in [1.82, 2.24) is 9.38 Å². The molecule has 4 nitrogen and oxygen atoms in total. The van der Waals surface area contributed by atoms with E-state index in [1.54, 1.807) is 17.4 Å². The molecule has 0 aliphatic carbocycles. The summed E-state index contributed by atoms with van der Waals surface area (Å²) >= 11 is 1.59. The lowest BCUT2D eigenvalue weighted by molar-refractivity contribution is -0.131. The van der Waals surface area contributed by atoms with E-state index in [1.165, 1.54) is 0 Å². The van der Waals surface area contributed by atoms with Crippen LogP contribution in [0.4, 0.5) is 0 Å². The molecule has 0 aliphatic heterocycles. The number of imidazole rings is 1. The van der Waals surface area contributed by atoms with Gasteiger partial charge in [-0.25, -0.2) is 9.78 Å². The van der Waals surface area contributed by atoms with Gasteiger partial charge in [-0.15, -0.1) is 11.3 Å². The zero-order valence-electron chi connectivity index (χ0n) is 8.39. The van der Waals surface area contributed by atoms with Gasteiger partial charge in [0, 0.05) is 17.2 Å². The molecular weight excluding hydrogens is 212 g/mol. The van der Waals surface area contributed by atoms with Crippen molar-refractivity contribution in [1.29, 1.82) is 0 Å². The Morgan fingerprint density at radius 1 is 1.60 bits per heavy atom. The summed E-state index contributed by atoms with van der Waals surface area (Å²) in [5.41, 5.74) is 1.68. The van der Waals surface area contributed by atoms with Crippen LogP contribution < -0.4 is 0 Å². The Balaban J connectivity index is 2.57. The van der Waals surface area contributed by atoms with E-state index in [-0.39, 0.29) is 0 Å². The van der Waals surface area contributed by atoms with Crippen LogP contribution >= 0.6 is 11.3 Å². The molecule has 0 fully saturated rings. The third kappa shape index (κ3) is 1.78. The van der Waals surface area contributed by atoms with Crippen LogP contribution in [0.3, 0.4) is 0 Å². The largest absolute Gasteiger partial charge is 0.478 e. The van der Waals surface area contributed by atoms with Crippen LogP contribution in [0.25, 0.3) is 11.0 Å². The Labute approximate surface area is 90.5 Å². The number of aliphatic carboxylic acids is 1. The Hall–Kier alpha value is -1.62. The zero-order valence-corrected chi connectivity index (χ0v) is 9.21. The maximum Gasteiger partial charge on any atom is 0.328 e. The van der Waals surface area contributed by atoms with Crippen LogP contribution in [0, 0.1) is 13.8 Å². The van der Waals surface area contributed by atoms with Crippen molar-refractivity contribution < 1.29 is 9.90 Å². The first kappa shape index (κ1) is 9.92. The Morgan fingerprint density at radius 3 is 3.00 bits per heavy atom. The maximum absolute atomic E-state index is 10.4. The van der Waals surface area contributed by atoms with Gasteiger partial charge in [0.05, 0.1) is 11.4 Å². The van der Waals surface area contributed by atoms with Crippen molar-refractivity contribution in [3.05, 3.63) is 28.5 Å². The van der Waals surface area contributed by atoms with Crippen LogP contribution in [0.2, 0.25) is 0 Å². The van der Waals surface area contributed by atoms with E-state index in [4.69, 9.17) is 5.11 Å². The van der Waals surface area contributed by atoms with Crippen LogP contribution in [-0.2, 0) is 4.79 Å². The fraction of sp³-hybridized carbons (Fsp3) is 0.200. The quantitative estimate of drug-likeness (QED) is 0.792. The molecule has 0 aromatic carbocycles. The number of aromatic nitrogens is 2. The number of hydrogen-bond acceptors (Lipinski definition) is 3. The minimum absolute atomic E-state index is 0.830. The van der Waals surface area contributed by atoms with Gasteiger partial charge in [0.2, 0.25) is 0 Å². The molecule has 1 N–H and O–H groups in total. The minimum atomic E-state index is -0.948. The number of nitrogens with zero attached hydrogens (tertiary/aromatic N) is 2. The first-order chi connectivity index (χ1) is 7.08. The Kier molecular flexibility index (Phi) is 2.32. The van der Waals surface area contributed by atoms with E-state index in [9.17, 15) is 4.79 Å². The summed E-state index contributed by atoms with van der Waals surface area (Å²) in [6, 6.07) is 0. The zero-order chi connectivity index (χ0) is 11.0. The molecular formula is C10H10N2O2S. The molecule has 2 heterocycles. The van der Waals surface area contributed by atoms with Gasteiger partial charge < -0.3 is 5.11 Å². The number of thiazole rings is 1. The predicted octanol–water partition coefficient (Wildman–Crippen LogP) is 2.11. The average molecular weight is 222 g/mol. The molecule has 0 spiro atoms. The third-order valence-corrected chi connectivity index (χ3v) is 2.94. The van der Waals surface area contributed by atoms with Gasteiger partial charge in [-0.05, 0) is 19.9 Å². The van der Waals surface area contributed by atoms with Crippen molar-refractivity contribution in [2.75, 3.05) is 0 Å². The molecule has 0 atom stereocenters. The molecule has 15 heavy (non-hydrogen) atoms. The summed E-state index contributed by atoms with van der Waals surface area (Å²) in [5, 5.41) is 8.57. The number of carboxylic acid groups (broad SMARTS) is 1. The number of aryl methyl sites for hydroxylation is 2. The van der Waals surface area contributed by atoms with Gasteiger partial charge in [-0.1, -0.05) is 0 Å². The Bertz CT molecular complexity index is 551. The molecule has 78 valence electrons. The summed E-state index contributed by atoms with van der Waals surface area (Å²) in [6.07, 6.45) is 4.66. The van der Waals surface area contributed by atoms with E-state index >= 15 is 0 Å². The maximum atomic E-state index is 10.4. The van der Waals surface area contributed by atoms with Crippen LogP contribution in [-0.4, -0.2) is 20.5 Å². The molecule has 2 aromatic heterocycles. The number of carboxylic acids is 1. The number of fused-ring (bicyclic) bond motifs is 1. The summed E-state index contributed by atoms with van der Waals surface area (Å²) in [7, 11) is 0. The van der Waals surface area contributed by atoms with Gasteiger partial charge in [-0.3, -0.25) is 4.40 Å². The van der Waals surface area contributed by atoms with E-state index in [0.29, 0.717) is 0 Å². The smallest absolute Gasteiger partial charge is 0.328 e. The first-order valence-corrected chi connectivity index (χ1v) is 5.25. The second kappa shape index (κ2) is 3.51. The van der Waals surface area contributed by atoms with Crippen molar-refractivity contribution in [3.8, 4) is 0 Å². The van der Waals surface area contributed by atoms with E-state index in [1.807, 2.05) is 24.4 Å². The fourth-order valence-corrected chi connectivity index (χ4v) is 2.31. The molecule has 0 aliphatic rings. The average Bonchev–Trinajstić information content (AvgIpc) is 2.57. The second-order valence-electron chi connectivity index (χ2n) is 3.25. The van der Waals surface area contributed by atoms with Gasteiger partial charge in [-0.2, -0.15) is 0 Å². The fourth-order valence-electron chi connectivity index (χ4n) is 1.43. The number of rotatable bonds is 2. The van der Waals surface area contributed by atoms with Gasteiger partial charge in [0.15, 0.2) is 4.96 Å². The van der Waals surface area contributed by atoms with Crippen molar-refractivity contribution in [2.45, 2.75) is 13.8 Å². The summed E-state index contributed by atoms with van der Waals surface area (Å²) in [5.74, 6) is -0.948. The van der Waals surface area contributed by atoms with Gasteiger partial charge in [0.1, 0.15) is 0 Å². The minimum Gasteiger partial charge on any atom is -0.478 e. The lowest BCUT2D eigenvalue weighted by atomic mass is 10.3. The molecule has 0 unspecified atom stereocenters. The van der Waals surface area contributed by atoms with Crippen LogP contribution in [0.1, 0.15) is 16.3 Å². The van der Waals surface area contributed by atoms with Crippen molar-refractivity contribution in [3.63, 3.8) is 0 Å². The number of hydrogen-bond donors (Lipinski definition) is 1. The molecule has 0 amide bonds. The van der Waals surface area contributed by atoms with Crippen LogP contribution in [0.5, 0.6) is 0 Å². The number of carbonyl (C=O) groups is 1. The summed E-state index contributed by atoms with van der Waals surface area (Å²) in [4.78, 5) is 16.8. The van der Waals surface area contributed by atoms with Crippen molar-refractivity contribution in [2.24, 2.45) is 0 Å². The standard InChI is InChI=1S/C10H10N2O2S/c1-6-5-12-8(3-4-9(13)14)7(2)11-10(12)15-6/h3-5H,1-2H3,(H,13,14). The highest BCUT2D eigenvalue weighted by Crippen LogP contribution is 2.21. The van der Waals surface area contributed by atoms with Gasteiger partial charge in [0.25, 0.3) is 0 Å². The predicted molar refractivity (Wildman–Crippen MR) is 59.2 cm³/mol. The molecule has 2 rings (SSSR count).